The molecule has 1 aromatic heterocycles. The maximum atomic E-state index is 11.6. The number of phenolic OH excluding ortho intramolecular Hbond substituents is 1. The Morgan fingerprint density at radius 1 is 1.17 bits per heavy atom. The lowest BCUT2D eigenvalue weighted by molar-refractivity contribution is 0.101. The quantitative estimate of drug-likeness (QED) is 0.548. The molecule has 0 spiro atoms. The van der Waals surface area contributed by atoms with E-state index in [4.69, 9.17) is 10.00 Å². The van der Waals surface area contributed by atoms with Gasteiger partial charge in [-0.15, -0.1) is 0 Å². The average molecular weight is 404 g/mol. The lowest BCUT2D eigenvalue weighted by Gasteiger charge is -2.14. The van der Waals surface area contributed by atoms with Crippen molar-refractivity contribution in [2.45, 2.75) is 36.7 Å². The summed E-state index contributed by atoms with van der Waals surface area (Å²) in [4.78, 5) is 17.6. The summed E-state index contributed by atoms with van der Waals surface area (Å²) in [6, 6.07) is 15.1. The van der Waals surface area contributed by atoms with Crippen molar-refractivity contribution < 1.29 is 14.6 Å². The van der Waals surface area contributed by atoms with E-state index in [0.29, 0.717) is 35.5 Å². The van der Waals surface area contributed by atoms with Crippen molar-refractivity contribution in [1.82, 2.24) is 4.98 Å². The summed E-state index contributed by atoms with van der Waals surface area (Å²) in [5.41, 5.74) is 2.46. The molecule has 0 saturated carbocycles. The number of nitrogens with zero attached hydrogens (tertiary/aromatic N) is 2. The van der Waals surface area contributed by atoms with Crippen LogP contribution < -0.4 is 4.74 Å². The molecular weight excluding hydrogens is 384 g/mol. The second-order valence-corrected chi connectivity index (χ2v) is 7.55. The summed E-state index contributed by atoms with van der Waals surface area (Å²) in [6.45, 7) is 3.69. The lowest BCUT2D eigenvalue weighted by Crippen LogP contribution is -2.01. The van der Waals surface area contributed by atoms with Crippen LogP contribution in [0.1, 0.15) is 40.9 Å². The highest BCUT2D eigenvalue weighted by atomic mass is 32.2. The molecule has 0 bridgehead atoms. The third-order valence-corrected chi connectivity index (χ3v) is 5.34. The molecule has 6 heteroatoms. The van der Waals surface area contributed by atoms with Gasteiger partial charge in [0.2, 0.25) is 0 Å². The van der Waals surface area contributed by atoms with E-state index in [1.54, 1.807) is 24.4 Å². The van der Waals surface area contributed by atoms with E-state index in [-0.39, 0.29) is 11.5 Å². The second kappa shape index (κ2) is 9.26. The Morgan fingerprint density at radius 3 is 2.59 bits per heavy atom. The van der Waals surface area contributed by atoms with Crippen LogP contribution in [-0.2, 0) is 13.0 Å². The minimum Gasteiger partial charge on any atom is -0.507 e. The molecule has 29 heavy (non-hydrogen) atoms. The Labute approximate surface area is 174 Å². The van der Waals surface area contributed by atoms with Crippen molar-refractivity contribution in [1.29, 1.82) is 5.26 Å². The first-order valence-corrected chi connectivity index (χ1v) is 9.94. The highest BCUT2D eigenvalue weighted by Gasteiger charge is 2.15. The molecule has 3 aromatic rings. The molecule has 0 amide bonds. The third-order valence-electron chi connectivity index (χ3n) is 4.37. The number of hydrogen-bond acceptors (Lipinski definition) is 6. The maximum absolute atomic E-state index is 11.6. The number of rotatable bonds is 7. The van der Waals surface area contributed by atoms with Gasteiger partial charge in [0.15, 0.2) is 5.78 Å². The number of phenols is 1. The molecule has 146 valence electrons. The number of aromatic hydroxyl groups is 1. The van der Waals surface area contributed by atoms with E-state index in [0.717, 1.165) is 15.4 Å². The smallest absolute Gasteiger partial charge is 0.163 e. The number of hydrogen-bond donors (Lipinski definition) is 1. The van der Waals surface area contributed by atoms with Gasteiger partial charge in [-0.2, -0.15) is 5.26 Å². The van der Waals surface area contributed by atoms with Crippen LogP contribution in [0, 0.1) is 11.3 Å². The van der Waals surface area contributed by atoms with Gasteiger partial charge in [-0.05, 0) is 49.2 Å². The number of ketones is 1. The SMILES string of the molecule is CCc1c(OCc2ccc(Sc3cncc(C#N)c3)cc2)ccc(C(C)=O)c1O. The number of carbonyl (C=O) groups excluding carboxylic acids is 1. The molecule has 0 unspecified atom stereocenters. The van der Waals surface area contributed by atoms with E-state index >= 15 is 0 Å². The first-order valence-electron chi connectivity index (χ1n) is 9.12. The normalized spacial score (nSPS) is 10.4. The van der Waals surface area contributed by atoms with E-state index in [1.807, 2.05) is 31.2 Å². The Hall–Kier alpha value is -3.30. The van der Waals surface area contributed by atoms with Gasteiger partial charge in [0.05, 0.1) is 11.1 Å². The molecule has 2 aromatic carbocycles. The van der Waals surface area contributed by atoms with Crippen LogP contribution in [0.3, 0.4) is 0 Å². The number of ether oxygens (including phenoxy) is 1. The van der Waals surface area contributed by atoms with Gasteiger partial charge in [0.25, 0.3) is 0 Å². The number of carbonyl (C=O) groups is 1. The van der Waals surface area contributed by atoms with Gasteiger partial charge >= 0.3 is 0 Å². The molecule has 0 aliphatic rings. The first kappa shape index (κ1) is 20.4. The van der Waals surface area contributed by atoms with Crippen LogP contribution >= 0.6 is 11.8 Å². The molecule has 5 nitrogen and oxygen atoms in total. The fraction of sp³-hybridized carbons (Fsp3) is 0.174. The zero-order valence-corrected chi connectivity index (χ0v) is 17.0. The van der Waals surface area contributed by atoms with Crippen molar-refractivity contribution in [2.24, 2.45) is 0 Å². The number of benzene rings is 2. The predicted molar refractivity (Wildman–Crippen MR) is 111 cm³/mol. The van der Waals surface area contributed by atoms with Crippen molar-refractivity contribution in [2.75, 3.05) is 0 Å². The topological polar surface area (TPSA) is 83.2 Å². The molecule has 0 radical (unpaired) electrons. The summed E-state index contributed by atoms with van der Waals surface area (Å²) >= 11 is 1.53. The largest absolute Gasteiger partial charge is 0.507 e. The Balaban J connectivity index is 1.68. The average Bonchev–Trinajstić information content (AvgIpc) is 2.73. The van der Waals surface area contributed by atoms with Gasteiger partial charge in [0, 0.05) is 27.7 Å². The number of pyridine rings is 1. The lowest BCUT2D eigenvalue weighted by atomic mass is 10.0. The number of aromatic nitrogens is 1. The second-order valence-electron chi connectivity index (χ2n) is 6.40. The van der Waals surface area contributed by atoms with Crippen molar-refractivity contribution >= 4 is 17.5 Å². The highest BCUT2D eigenvalue weighted by Crippen LogP contribution is 2.33. The van der Waals surface area contributed by atoms with Crippen LogP contribution in [0.2, 0.25) is 0 Å². The summed E-state index contributed by atoms with van der Waals surface area (Å²) in [7, 11) is 0. The monoisotopic (exact) mass is 404 g/mol. The van der Waals surface area contributed by atoms with E-state index in [1.165, 1.54) is 24.9 Å². The Kier molecular flexibility index (Phi) is 6.53. The molecule has 3 rings (SSSR count). The Bertz CT molecular complexity index is 1070. The summed E-state index contributed by atoms with van der Waals surface area (Å²) in [5.74, 6) is 0.401. The summed E-state index contributed by atoms with van der Waals surface area (Å²) in [5, 5.41) is 19.3. The minimum absolute atomic E-state index is 0.00235. The molecule has 0 aliphatic heterocycles. The van der Waals surface area contributed by atoms with Gasteiger partial charge in [-0.1, -0.05) is 30.8 Å². The molecule has 0 fully saturated rings. The number of nitriles is 1. The number of Topliss-reactive ketones (excluding diaryl/α,β-unsaturated/α-hetero) is 1. The molecule has 0 atom stereocenters. The van der Waals surface area contributed by atoms with Gasteiger partial charge in [-0.25, -0.2) is 0 Å². The summed E-state index contributed by atoms with van der Waals surface area (Å²) < 4.78 is 5.89. The van der Waals surface area contributed by atoms with Crippen molar-refractivity contribution in [3.8, 4) is 17.6 Å². The van der Waals surface area contributed by atoms with Crippen LogP contribution in [0.15, 0.2) is 64.6 Å². The fourth-order valence-electron chi connectivity index (χ4n) is 2.87. The summed E-state index contributed by atoms with van der Waals surface area (Å²) in [6.07, 6.45) is 3.83. The van der Waals surface area contributed by atoms with Crippen molar-refractivity contribution in [3.63, 3.8) is 0 Å². The standard InChI is InChI=1S/C23H20N2O3S/c1-3-20-22(9-8-21(15(2)26)23(20)27)28-14-16-4-6-18(7-5-16)29-19-10-17(11-24)12-25-13-19/h4-10,12-13,27H,3,14H2,1-2H3. The van der Waals surface area contributed by atoms with Crippen LogP contribution in [-0.4, -0.2) is 15.9 Å². The van der Waals surface area contributed by atoms with Gasteiger partial charge < -0.3 is 9.84 Å². The minimum atomic E-state index is -0.174. The van der Waals surface area contributed by atoms with Crippen LogP contribution in [0.4, 0.5) is 0 Å². The first-order chi connectivity index (χ1) is 14.0. The maximum Gasteiger partial charge on any atom is 0.163 e. The van der Waals surface area contributed by atoms with E-state index < -0.39 is 0 Å². The molecule has 1 heterocycles. The van der Waals surface area contributed by atoms with Gasteiger partial charge in [0.1, 0.15) is 24.2 Å². The molecule has 1 N–H and O–H groups in total. The highest BCUT2D eigenvalue weighted by molar-refractivity contribution is 7.99. The van der Waals surface area contributed by atoms with Crippen LogP contribution in [0.5, 0.6) is 11.5 Å². The Morgan fingerprint density at radius 2 is 1.93 bits per heavy atom. The fourth-order valence-corrected chi connectivity index (χ4v) is 3.71. The van der Waals surface area contributed by atoms with Gasteiger partial charge in [-0.3, -0.25) is 9.78 Å². The van der Waals surface area contributed by atoms with Crippen LogP contribution in [0.25, 0.3) is 0 Å². The zero-order chi connectivity index (χ0) is 20.8. The molecule has 0 saturated heterocycles. The third kappa shape index (κ3) is 4.95. The van der Waals surface area contributed by atoms with Crippen molar-refractivity contribution in [3.05, 3.63) is 77.1 Å². The predicted octanol–water partition coefficient (Wildman–Crippen LogP) is 5.15. The molecular formula is C23H20N2O3S. The van der Waals surface area contributed by atoms with E-state index in [9.17, 15) is 9.90 Å². The van der Waals surface area contributed by atoms with E-state index in [2.05, 4.69) is 11.1 Å². The zero-order valence-electron chi connectivity index (χ0n) is 16.2. The molecule has 0 aliphatic carbocycles.